The molecule has 124 valence electrons. The highest BCUT2D eigenvalue weighted by Crippen LogP contribution is 2.36. The second-order valence-electron chi connectivity index (χ2n) is 5.04. The highest BCUT2D eigenvalue weighted by Gasteiger charge is 2.32. The van der Waals surface area contributed by atoms with Crippen LogP contribution in [0.3, 0.4) is 0 Å². The Hall–Kier alpha value is -2.25. The third-order valence-corrected chi connectivity index (χ3v) is 4.65. The maximum Gasteiger partial charge on any atom is 0.338 e. The molecule has 1 N–H and O–H groups in total. The number of nitrogens with one attached hydrogen (secondary N) is 1. The van der Waals surface area contributed by atoms with Crippen molar-refractivity contribution in [3.05, 3.63) is 62.5 Å². The van der Waals surface area contributed by atoms with E-state index in [1.54, 1.807) is 13.1 Å². The molecule has 3 rings (SSSR count). The van der Waals surface area contributed by atoms with Crippen LogP contribution in [0.15, 0.2) is 46.0 Å². The minimum absolute atomic E-state index is 0.193. The van der Waals surface area contributed by atoms with Crippen molar-refractivity contribution in [1.29, 1.82) is 0 Å². The molecular formula is C16H13ClFN3O2S. The molecule has 1 atom stereocenters. The highest BCUT2D eigenvalue weighted by molar-refractivity contribution is 7.11. The molecule has 1 aliphatic heterocycles. The second-order valence-corrected chi connectivity index (χ2v) is 6.34. The van der Waals surface area contributed by atoms with Crippen LogP contribution >= 0.6 is 22.9 Å². The van der Waals surface area contributed by atoms with Gasteiger partial charge in [-0.3, -0.25) is 4.99 Å². The summed E-state index contributed by atoms with van der Waals surface area (Å²) in [6.07, 6.45) is 1.67. The molecule has 0 fully saturated rings. The zero-order valence-electron chi connectivity index (χ0n) is 12.8. The van der Waals surface area contributed by atoms with Crippen molar-refractivity contribution in [2.24, 2.45) is 4.99 Å². The van der Waals surface area contributed by atoms with Gasteiger partial charge in [0.2, 0.25) is 0 Å². The lowest BCUT2D eigenvalue weighted by molar-refractivity contribution is -0.136. The van der Waals surface area contributed by atoms with Gasteiger partial charge in [0.25, 0.3) is 0 Å². The average Bonchev–Trinajstić information content (AvgIpc) is 3.08. The Morgan fingerprint density at radius 3 is 2.88 bits per heavy atom. The molecule has 2 heterocycles. The standard InChI is InChI=1S/C16H13ClFN3O2S/c1-8-12(16(22)23-2)13(10-4-3-9(18)7-11(10)17)21-14(20-8)15-19-5-6-24-15/h3-7,13H,1-2H3,(H,20,21)/t13-/m0/s1. The van der Waals surface area contributed by atoms with E-state index in [1.807, 2.05) is 5.38 Å². The van der Waals surface area contributed by atoms with Gasteiger partial charge in [-0.25, -0.2) is 14.2 Å². The number of hydrogen-bond acceptors (Lipinski definition) is 6. The Kier molecular flexibility index (Phi) is 4.64. The van der Waals surface area contributed by atoms with E-state index in [-0.39, 0.29) is 5.02 Å². The van der Waals surface area contributed by atoms with Crippen molar-refractivity contribution in [3.63, 3.8) is 0 Å². The molecule has 0 saturated heterocycles. The van der Waals surface area contributed by atoms with Gasteiger partial charge in [0.1, 0.15) is 11.9 Å². The first-order valence-corrected chi connectivity index (χ1v) is 8.25. The van der Waals surface area contributed by atoms with Crippen LogP contribution < -0.4 is 5.32 Å². The summed E-state index contributed by atoms with van der Waals surface area (Å²) >= 11 is 7.59. The molecular weight excluding hydrogens is 353 g/mol. The fraction of sp³-hybridized carbons (Fsp3) is 0.188. The number of benzene rings is 1. The number of aliphatic imine (C=N–C) groups is 1. The number of allylic oxidation sites excluding steroid dienone is 1. The molecule has 0 amide bonds. The Bertz CT molecular complexity index is 849. The van der Waals surface area contributed by atoms with Gasteiger partial charge in [-0.1, -0.05) is 17.7 Å². The lowest BCUT2D eigenvalue weighted by atomic mass is 9.96. The molecule has 0 bridgehead atoms. The first-order chi connectivity index (χ1) is 11.5. The Labute approximate surface area is 146 Å². The zero-order chi connectivity index (χ0) is 17.3. The number of amidine groups is 1. The third-order valence-electron chi connectivity index (χ3n) is 3.54. The van der Waals surface area contributed by atoms with E-state index in [0.29, 0.717) is 27.7 Å². The summed E-state index contributed by atoms with van der Waals surface area (Å²) in [4.78, 5) is 21.0. The van der Waals surface area contributed by atoms with Gasteiger partial charge in [-0.05, 0) is 19.1 Å². The van der Waals surface area contributed by atoms with Crippen molar-refractivity contribution in [2.45, 2.75) is 13.0 Å². The summed E-state index contributed by atoms with van der Waals surface area (Å²) in [6.45, 7) is 1.75. The van der Waals surface area contributed by atoms with E-state index in [4.69, 9.17) is 16.3 Å². The molecule has 0 spiro atoms. The molecule has 0 aliphatic carbocycles. The number of carbonyl (C=O) groups is 1. The van der Waals surface area contributed by atoms with Gasteiger partial charge in [0.15, 0.2) is 10.8 Å². The molecule has 24 heavy (non-hydrogen) atoms. The number of aromatic nitrogens is 1. The van der Waals surface area contributed by atoms with E-state index in [9.17, 15) is 9.18 Å². The van der Waals surface area contributed by atoms with Crippen LogP contribution in [0.25, 0.3) is 0 Å². The number of rotatable bonds is 3. The van der Waals surface area contributed by atoms with Crippen molar-refractivity contribution < 1.29 is 13.9 Å². The lowest BCUT2D eigenvalue weighted by Crippen LogP contribution is -2.32. The number of ether oxygens (including phenoxy) is 1. The first kappa shape index (κ1) is 16.6. The van der Waals surface area contributed by atoms with Crippen molar-refractivity contribution >= 4 is 34.7 Å². The number of esters is 1. The van der Waals surface area contributed by atoms with Crippen LogP contribution in [0.2, 0.25) is 5.02 Å². The zero-order valence-corrected chi connectivity index (χ0v) is 14.4. The maximum absolute atomic E-state index is 13.4. The predicted octanol–water partition coefficient (Wildman–Crippen LogP) is 3.47. The maximum atomic E-state index is 13.4. The third kappa shape index (κ3) is 3.05. The normalized spacial score (nSPS) is 17.3. The minimum Gasteiger partial charge on any atom is -0.466 e. The average molecular weight is 366 g/mol. The van der Waals surface area contributed by atoms with Crippen LogP contribution in [0.5, 0.6) is 0 Å². The smallest absolute Gasteiger partial charge is 0.338 e. The van der Waals surface area contributed by atoms with Gasteiger partial charge < -0.3 is 10.1 Å². The first-order valence-electron chi connectivity index (χ1n) is 7.00. The summed E-state index contributed by atoms with van der Waals surface area (Å²) in [6, 6.07) is 3.30. The number of thiazole rings is 1. The van der Waals surface area contributed by atoms with Gasteiger partial charge >= 0.3 is 5.97 Å². The van der Waals surface area contributed by atoms with Gasteiger partial charge in [0, 0.05) is 27.9 Å². The number of nitrogens with zero attached hydrogens (tertiary/aromatic N) is 2. The summed E-state index contributed by atoms with van der Waals surface area (Å²) in [5.41, 5.74) is 1.44. The molecule has 1 aromatic carbocycles. The van der Waals surface area contributed by atoms with E-state index in [0.717, 1.165) is 0 Å². The van der Waals surface area contributed by atoms with E-state index in [2.05, 4.69) is 15.3 Å². The van der Waals surface area contributed by atoms with Crippen LogP contribution in [0.4, 0.5) is 4.39 Å². The van der Waals surface area contributed by atoms with Crippen molar-refractivity contribution in [1.82, 2.24) is 10.3 Å². The number of methoxy groups -OCH3 is 1. The van der Waals surface area contributed by atoms with E-state index < -0.39 is 17.8 Å². The van der Waals surface area contributed by atoms with Crippen molar-refractivity contribution in [3.8, 4) is 0 Å². The highest BCUT2D eigenvalue weighted by atomic mass is 35.5. The number of hydrogen-bond donors (Lipinski definition) is 1. The fourth-order valence-corrected chi connectivity index (χ4v) is 3.31. The van der Waals surface area contributed by atoms with E-state index >= 15 is 0 Å². The second kappa shape index (κ2) is 6.70. The van der Waals surface area contributed by atoms with Crippen molar-refractivity contribution in [2.75, 3.05) is 7.11 Å². The quantitative estimate of drug-likeness (QED) is 0.846. The van der Waals surface area contributed by atoms with Crippen LogP contribution in [-0.2, 0) is 9.53 Å². The topological polar surface area (TPSA) is 63.6 Å². The lowest BCUT2D eigenvalue weighted by Gasteiger charge is -2.25. The van der Waals surface area contributed by atoms with Gasteiger partial charge in [-0.15, -0.1) is 11.3 Å². The molecule has 1 aromatic heterocycles. The minimum atomic E-state index is -0.703. The summed E-state index contributed by atoms with van der Waals surface area (Å²) in [5.74, 6) is -0.449. The molecule has 0 radical (unpaired) electrons. The number of halogens is 2. The largest absolute Gasteiger partial charge is 0.466 e. The Balaban J connectivity index is 2.14. The van der Waals surface area contributed by atoms with Crippen LogP contribution in [0, 0.1) is 5.82 Å². The number of carbonyl (C=O) groups excluding carboxylic acids is 1. The SMILES string of the molecule is COC(=O)C1=C(C)NC(c2nccs2)=N[C@H]1c1ccc(F)cc1Cl. The fourth-order valence-electron chi connectivity index (χ4n) is 2.45. The molecule has 0 unspecified atom stereocenters. The predicted molar refractivity (Wildman–Crippen MR) is 90.7 cm³/mol. The molecule has 5 nitrogen and oxygen atoms in total. The monoisotopic (exact) mass is 365 g/mol. The Morgan fingerprint density at radius 1 is 1.46 bits per heavy atom. The molecule has 1 aliphatic rings. The Morgan fingerprint density at radius 2 is 2.25 bits per heavy atom. The van der Waals surface area contributed by atoms with Crippen LogP contribution in [0.1, 0.15) is 23.5 Å². The molecule has 8 heteroatoms. The summed E-state index contributed by atoms with van der Waals surface area (Å²) < 4.78 is 18.2. The molecule has 0 saturated carbocycles. The summed E-state index contributed by atoms with van der Waals surface area (Å²) in [7, 11) is 1.30. The van der Waals surface area contributed by atoms with Crippen LogP contribution in [-0.4, -0.2) is 23.9 Å². The summed E-state index contributed by atoms with van der Waals surface area (Å²) in [5, 5.41) is 5.78. The van der Waals surface area contributed by atoms with E-state index in [1.165, 1.54) is 36.6 Å². The van der Waals surface area contributed by atoms with Gasteiger partial charge in [0.05, 0.1) is 12.7 Å². The van der Waals surface area contributed by atoms with Gasteiger partial charge in [-0.2, -0.15) is 0 Å². The molecule has 2 aromatic rings.